The summed E-state index contributed by atoms with van der Waals surface area (Å²) in [5.41, 5.74) is 2.87. The number of halogens is 1. The minimum atomic E-state index is -0.365. The summed E-state index contributed by atoms with van der Waals surface area (Å²) in [5.74, 6) is -0.169. The fraction of sp³-hybridized carbons (Fsp3) is 0.176. The Labute approximate surface area is 151 Å². The molecule has 0 radical (unpaired) electrons. The van der Waals surface area contributed by atoms with Crippen molar-refractivity contribution in [3.05, 3.63) is 74.0 Å². The van der Waals surface area contributed by atoms with Crippen molar-refractivity contribution in [3.8, 4) is 0 Å². The Hall–Kier alpha value is -2.74. The van der Waals surface area contributed by atoms with Gasteiger partial charge in [0.15, 0.2) is 5.69 Å². The largest absolute Gasteiger partial charge is 0.333 e. The predicted octanol–water partition coefficient (Wildman–Crippen LogP) is 3.20. The number of nitro groups is 1. The maximum atomic E-state index is 12.8. The number of aromatic nitrogens is 2. The van der Waals surface area contributed by atoms with Gasteiger partial charge in [-0.1, -0.05) is 12.1 Å². The van der Waals surface area contributed by atoms with E-state index in [-0.39, 0.29) is 16.5 Å². The third-order valence-corrected chi connectivity index (χ3v) is 4.84. The zero-order chi connectivity index (χ0) is 17.6. The number of hydrogen-bond donors (Lipinski definition) is 0. The van der Waals surface area contributed by atoms with Gasteiger partial charge in [-0.2, -0.15) is 5.10 Å². The third-order valence-electron chi connectivity index (χ3n) is 4.37. The molecule has 0 bridgehead atoms. The molecule has 0 spiro atoms. The summed E-state index contributed by atoms with van der Waals surface area (Å²) in [6, 6.07) is 10.5. The Morgan fingerprint density at radius 3 is 2.92 bits per heavy atom. The second kappa shape index (κ2) is 5.96. The average molecular weight is 401 g/mol. The number of rotatable bonds is 2. The van der Waals surface area contributed by atoms with Crippen LogP contribution in [0.4, 0.5) is 5.69 Å². The Balaban J connectivity index is 1.63. The zero-order valence-corrected chi connectivity index (χ0v) is 14.6. The molecule has 0 saturated carbocycles. The van der Waals surface area contributed by atoms with Gasteiger partial charge in [0.2, 0.25) is 0 Å². The summed E-state index contributed by atoms with van der Waals surface area (Å²) in [7, 11) is 0. The van der Waals surface area contributed by atoms with E-state index in [4.69, 9.17) is 0 Å². The molecular formula is C17H13BrN4O3. The van der Waals surface area contributed by atoms with Crippen LogP contribution in [0.2, 0.25) is 0 Å². The number of benzene rings is 1. The van der Waals surface area contributed by atoms with Crippen LogP contribution in [0.1, 0.15) is 21.6 Å². The molecule has 25 heavy (non-hydrogen) atoms. The summed E-state index contributed by atoms with van der Waals surface area (Å²) in [6.07, 6.45) is 2.26. The van der Waals surface area contributed by atoms with Crippen LogP contribution in [0.25, 0.3) is 5.52 Å². The molecule has 0 aliphatic carbocycles. The van der Waals surface area contributed by atoms with Crippen molar-refractivity contribution >= 4 is 33.0 Å². The first-order valence-electron chi connectivity index (χ1n) is 7.72. The standard InChI is InChI=1S/C17H13BrN4O3/c18-12-4-5-13-8-15(19-21(13)10-12)17(23)20-7-6-14-11(9-20)2-1-3-16(14)22(24)25/h1-5,8,10H,6-7,9H2. The van der Waals surface area contributed by atoms with Crippen molar-refractivity contribution in [2.24, 2.45) is 0 Å². The second-order valence-electron chi connectivity index (χ2n) is 5.89. The van der Waals surface area contributed by atoms with Crippen LogP contribution >= 0.6 is 15.9 Å². The van der Waals surface area contributed by atoms with E-state index in [1.165, 1.54) is 6.07 Å². The first kappa shape index (κ1) is 15.8. The van der Waals surface area contributed by atoms with Crippen molar-refractivity contribution in [1.29, 1.82) is 0 Å². The monoisotopic (exact) mass is 400 g/mol. The third kappa shape index (κ3) is 2.78. The lowest BCUT2D eigenvalue weighted by molar-refractivity contribution is -0.385. The highest BCUT2D eigenvalue weighted by Gasteiger charge is 2.27. The van der Waals surface area contributed by atoms with Gasteiger partial charge in [0.25, 0.3) is 11.6 Å². The Morgan fingerprint density at radius 1 is 1.28 bits per heavy atom. The summed E-state index contributed by atoms with van der Waals surface area (Å²) < 4.78 is 2.53. The molecule has 2 aromatic heterocycles. The van der Waals surface area contributed by atoms with Crippen LogP contribution in [-0.4, -0.2) is 31.9 Å². The smallest absolute Gasteiger partial charge is 0.274 e. The molecule has 0 saturated heterocycles. The van der Waals surface area contributed by atoms with E-state index in [2.05, 4.69) is 21.0 Å². The van der Waals surface area contributed by atoms with E-state index in [1.807, 2.05) is 18.2 Å². The molecule has 0 atom stereocenters. The van der Waals surface area contributed by atoms with Gasteiger partial charge in [-0.05, 0) is 46.1 Å². The quantitative estimate of drug-likeness (QED) is 0.488. The molecular weight excluding hydrogens is 388 g/mol. The van der Waals surface area contributed by atoms with Crippen molar-refractivity contribution < 1.29 is 9.72 Å². The predicted molar refractivity (Wildman–Crippen MR) is 94.4 cm³/mol. The van der Waals surface area contributed by atoms with Gasteiger partial charge in [-0.25, -0.2) is 4.52 Å². The van der Waals surface area contributed by atoms with Crippen molar-refractivity contribution in [3.63, 3.8) is 0 Å². The Morgan fingerprint density at radius 2 is 2.12 bits per heavy atom. The number of fused-ring (bicyclic) bond motifs is 2. The SMILES string of the molecule is O=C(c1cc2ccc(Br)cn2n1)N1CCc2c(cccc2[N+](=O)[O-])C1. The highest BCUT2D eigenvalue weighted by Crippen LogP contribution is 2.28. The lowest BCUT2D eigenvalue weighted by atomic mass is 9.97. The fourth-order valence-electron chi connectivity index (χ4n) is 3.16. The first-order chi connectivity index (χ1) is 12.0. The number of carbonyl (C=O) groups excluding carboxylic acids is 1. The lowest BCUT2D eigenvalue weighted by Crippen LogP contribution is -2.36. The van der Waals surface area contributed by atoms with Gasteiger partial charge in [-0.3, -0.25) is 14.9 Å². The normalized spacial score (nSPS) is 13.7. The number of pyridine rings is 1. The number of nitrogens with zero attached hydrogens (tertiary/aromatic N) is 4. The van der Waals surface area contributed by atoms with E-state index in [0.717, 1.165) is 21.1 Å². The van der Waals surface area contributed by atoms with Crippen LogP contribution in [-0.2, 0) is 13.0 Å². The molecule has 1 aromatic carbocycles. The summed E-state index contributed by atoms with van der Waals surface area (Å²) in [6.45, 7) is 0.793. The maximum absolute atomic E-state index is 12.8. The van der Waals surface area contributed by atoms with Gasteiger partial charge >= 0.3 is 0 Å². The van der Waals surface area contributed by atoms with Crippen LogP contribution in [0.3, 0.4) is 0 Å². The minimum absolute atomic E-state index is 0.127. The topological polar surface area (TPSA) is 80.8 Å². The molecule has 0 N–H and O–H groups in total. The van der Waals surface area contributed by atoms with Crippen LogP contribution in [0, 0.1) is 10.1 Å². The number of nitro benzene ring substituents is 1. The average Bonchev–Trinajstić information content (AvgIpc) is 3.03. The highest BCUT2D eigenvalue weighted by molar-refractivity contribution is 9.10. The molecule has 1 amide bonds. The van der Waals surface area contributed by atoms with E-state index in [1.54, 1.807) is 27.7 Å². The van der Waals surface area contributed by atoms with E-state index >= 15 is 0 Å². The molecule has 1 aliphatic rings. The minimum Gasteiger partial charge on any atom is -0.333 e. The molecule has 1 aliphatic heterocycles. The molecule has 8 heteroatoms. The molecule has 3 heterocycles. The zero-order valence-electron chi connectivity index (χ0n) is 13.1. The summed E-state index contributed by atoms with van der Waals surface area (Å²) >= 11 is 3.38. The number of hydrogen-bond acceptors (Lipinski definition) is 4. The number of carbonyl (C=O) groups is 1. The lowest BCUT2D eigenvalue weighted by Gasteiger charge is -2.28. The maximum Gasteiger partial charge on any atom is 0.274 e. The Bertz CT molecular complexity index is 1010. The van der Waals surface area contributed by atoms with Crippen LogP contribution < -0.4 is 0 Å². The van der Waals surface area contributed by atoms with Crippen molar-refractivity contribution in [1.82, 2.24) is 14.5 Å². The summed E-state index contributed by atoms with van der Waals surface area (Å²) in [5, 5.41) is 15.5. The first-order valence-corrected chi connectivity index (χ1v) is 8.51. The van der Waals surface area contributed by atoms with Crippen LogP contribution in [0.5, 0.6) is 0 Å². The van der Waals surface area contributed by atoms with Crippen molar-refractivity contribution in [2.75, 3.05) is 6.54 Å². The number of amides is 1. The van der Waals surface area contributed by atoms with Gasteiger partial charge < -0.3 is 4.90 Å². The molecule has 7 nitrogen and oxygen atoms in total. The van der Waals surface area contributed by atoms with Gasteiger partial charge in [-0.15, -0.1) is 0 Å². The molecule has 126 valence electrons. The molecule has 4 rings (SSSR count). The van der Waals surface area contributed by atoms with Gasteiger partial charge in [0.1, 0.15) is 0 Å². The van der Waals surface area contributed by atoms with E-state index < -0.39 is 0 Å². The fourth-order valence-corrected chi connectivity index (χ4v) is 3.49. The molecule has 3 aromatic rings. The second-order valence-corrected chi connectivity index (χ2v) is 6.81. The molecule has 0 fully saturated rings. The molecule has 0 unspecified atom stereocenters. The Kier molecular flexibility index (Phi) is 3.76. The van der Waals surface area contributed by atoms with Gasteiger partial charge in [0.05, 0.1) is 10.4 Å². The van der Waals surface area contributed by atoms with E-state index in [9.17, 15) is 14.9 Å². The van der Waals surface area contributed by atoms with Crippen molar-refractivity contribution in [2.45, 2.75) is 13.0 Å². The van der Waals surface area contributed by atoms with Crippen LogP contribution in [0.15, 0.2) is 47.1 Å². The van der Waals surface area contributed by atoms with Gasteiger partial charge in [0, 0.05) is 35.4 Å². The van der Waals surface area contributed by atoms with E-state index in [0.29, 0.717) is 25.2 Å². The highest BCUT2D eigenvalue weighted by atomic mass is 79.9. The summed E-state index contributed by atoms with van der Waals surface area (Å²) in [4.78, 5) is 25.3.